The SMILES string of the molecule is Cc1ccc2nc(N3C(=O)c4oc5ccccc5c(=O)c4[C@H]3c3cccc(F)c3)sc2c1. The van der Waals surface area contributed by atoms with Crippen LogP contribution < -0.4 is 10.3 Å². The lowest BCUT2D eigenvalue weighted by Gasteiger charge is -2.22. The number of carbonyl (C=O) groups is 1. The molecule has 156 valence electrons. The molecule has 0 saturated carbocycles. The Kier molecular flexibility index (Phi) is 4.03. The summed E-state index contributed by atoms with van der Waals surface area (Å²) in [7, 11) is 0. The molecule has 0 N–H and O–H groups in total. The summed E-state index contributed by atoms with van der Waals surface area (Å²) in [4.78, 5) is 33.2. The maximum absolute atomic E-state index is 14.2. The van der Waals surface area contributed by atoms with E-state index in [4.69, 9.17) is 4.42 Å². The number of rotatable bonds is 2. The number of hydrogen-bond donors (Lipinski definition) is 0. The Labute approximate surface area is 185 Å². The fourth-order valence-corrected chi connectivity index (χ4v) is 5.32. The third-order valence-electron chi connectivity index (χ3n) is 5.68. The Morgan fingerprint density at radius 2 is 1.88 bits per heavy atom. The molecule has 32 heavy (non-hydrogen) atoms. The van der Waals surface area contributed by atoms with E-state index in [9.17, 15) is 14.0 Å². The van der Waals surface area contributed by atoms with Crippen LogP contribution in [0, 0.1) is 12.7 Å². The molecule has 0 bridgehead atoms. The lowest BCUT2D eigenvalue weighted by molar-refractivity contribution is 0.0971. The predicted molar refractivity (Wildman–Crippen MR) is 122 cm³/mol. The van der Waals surface area contributed by atoms with E-state index in [0.717, 1.165) is 15.8 Å². The van der Waals surface area contributed by atoms with Gasteiger partial charge in [0.2, 0.25) is 5.76 Å². The smallest absolute Gasteiger partial charge is 0.297 e. The Hall–Kier alpha value is -3.84. The number of amides is 1. The molecule has 1 aliphatic rings. The van der Waals surface area contributed by atoms with Gasteiger partial charge in [-0.1, -0.05) is 41.7 Å². The molecule has 5 aromatic rings. The molecule has 0 fully saturated rings. The summed E-state index contributed by atoms with van der Waals surface area (Å²) in [6.07, 6.45) is 0. The molecular weight excluding hydrogens is 427 g/mol. The molecule has 0 unspecified atom stereocenters. The van der Waals surface area contributed by atoms with Crippen molar-refractivity contribution in [3.8, 4) is 0 Å². The molecule has 1 aliphatic heterocycles. The minimum atomic E-state index is -0.837. The van der Waals surface area contributed by atoms with Gasteiger partial charge < -0.3 is 4.42 Å². The van der Waals surface area contributed by atoms with Crippen molar-refractivity contribution in [2.24, 2.45) is 0 Å². The molecule has 0 radical (unpaired) electrons. The van der Waals surface area contributed by atoms with E-state index < -0.39 is 17.8 Å². The molecule has 1 amide bonds. The second-order valence-electron chi connectivity index (χ2n) is 7.77. The van der Waals surface area contributed by atoms with Crippen molar-refractivity contribution in [1.82, 2.24) is 4.98 Å². The number of halogens is 1. The highest BCUT2D eigenvalue weighted by Gasteiger charge is 2.45. The van der Waals surface area contributed by atoms with Crippen LogP contribution in [0.15, 0.2) is 75.9 Å². The number of carbonyl (C=O) groups excluding carboxylic acids is 1. The first-order valence-electron chi connectivity index (χ1n) is 10.0. The molecule has 0 saturated heterocycles. The summed E-state index contributed by atoms with van der Waals surface area (Å²) in [6, 6.07) is 17.8. The van der Waals surface area contributed by atoms with Crippen molar-refractivity contribution >= 4 is 43.6 Å². The number of fused-ring (bicyclic) bond motifs is 3. The first-order chi connectivity index (χ1) is 15.5. The van der Waals surface area contributed by atoms with Crippen LogP contribution in [0.4, 0.5) is 9.52 Å². The average Bonchev–Trinajstić information content (AvgIpc) is 3.32. The Balaban J connectivity index is 1.65. The second-order valence-corrected chi connectivity index (χ2v) is 8.78. The Bertz CT molecular complexity index is 1620. The third kappa shape index (κ3) is 2.71. The van der Waals surface area contributed by atoms with Gasteiger partial charge in [0.05, 0.1) is 27.2 Å². The number of thiazole rings is 1. The van der Waals surface area contributed by atoms with Crippen molar-refractivity contribution in [1.29, 1.82) is 0 Å². The number of anilines is 1. The zero-order chi connectivity index (χ0) is 22.0. The van der Waals surface area contributed by atoms with Crippen molar-refractivity contribution in [2.75, 3.05) is 4.90 Å². The summed E-state index contributed by atoms with van der Waals surface area (Å²) in [5.41, 5.74) is 2.55. The number of aryl methyl sites for hydroxylation is 1. The van der Waals surface area contributed by atoms with Crippen molar-refractivity contribution in [2.45, 2.75) is 13.0 Å². The second kappa shape index (κ2) is 6.83. The Morgan fingerprint density at radius 1 is 1.03 bits per heavy atom. The summed E-state index contributed by atoms with van der Waals surface area (Å²) < 4.78 is 21.0. The van der Waals surface area contributed by atoms with Crippen LogP contribution in [-0.2, 0) is 0 Å². The zero-order valence-corrected chi connectivity index (χ0v) is 17.7. The summed E-state index contributed by atoms with van der Waals surface area (Å²) in [6.45, 7) is 1.99. The predicted octanol–water partition coefficient (Wildman–Crippen LogP) is 5.60. The maximum Gasteiger partial charge on any atom is 0.297 e. The standard InChI is InChI=1S/C25H15FN2O3S/c1-13-9-10-17-19(11-13)32-25(27-17)28-21(14-5-4-6-15(26)12-14)20-22(29)16-7-2-3-8-18(16)31-23(20)24(28)30/h2-12,21H,1H3/t21-/m1/s1. The highest BCUT2D eigenvalue weighted by atomic mass is 32.1. The summed E-state index contributed by atoms with van der Waals surface area (Å²) in [5, 5.41) is 0.807. The fourth-order valence-electron chi connectivity index (χ4n) is 4.23. The van der Waals surface area contributed by atoms with E-state index in [1.807, 2.05) is 25.1 Å². The van der Waals surface area contributed by atoms with Gasteiger partial charge in [-0.2, -0.15) is 0 Å². The largest absolute Gasteiger partial charge is 0.450 e. The van der Waals surface area contributed by atoms with E-state index >= 15 is 0 Å². The van der Waals surface area contributed by atoms with Gasteiger partial charge in [-0.15, -0.1) is 0 Å². The number of aromatic nitrogens is 1. The maximum atomic E-state index is 14.2. The van der Waals surface area contributed by atoms with Crippen LogP contribution in [0.3, 0.4) is 0 Å². The van der Waals surface area contributed by atoms with Crippen molar-refractivity contribution in [3.05, 3.63) is 105 Å². The van der Waals surface area contributed by atoms with Crippen LogP contribution >= 0.6 is 11.3 Å². The highest BCUT2D eigenvalue weighted by Crippen LogP contribution is 2.43. The molecule has 3 heterocycles. The van der Waals surface area contributed by atoms with Gasteiger partial charge >= 0.3 is 0 Å². The highest BCUT2D eigenvalue weighted by molar-refractivity contribution is 7.22. The van der Waals surface area contributed by atoms with E-state index in [1.165, 1.54) is 28.4 Å². The van der Waals surface area contributed by atoms with E-state index in [0.29, 0.717) is 21.7 Å². The monoisotopic (exact) mass is 442 g/mol. The van der Waals surface area contributed by atoms with E-state index in [2.05, 4.69) is 4.98 Å². The lowest BCUT2D eigenvalue weighted by Crippen LogP contribution is -2.29. The molecule has 3 aromatic carbocycles. The lowest BCUT2D eigenvalue weighted by atomic mass is 9.98. The number of para-hydroxylation sites is 1. The third-order valence-corrected chi connectivity index (χ3v) is 6.70. The molecule has 7 heteroatoms. The normalized spacial score (nSPS) is 15.6. The first-order valence-corrected chi connectivity index (χ1v) is 10.8. The van der Waals surface area contributed by atoms with Crippen LogP contribution in [0.25, 0.3) is 21.2 Å². The van der Waals surface area contributed by atoms with Crippen LogP contribution in [0.1, 0.15) is 33.3 Å². The van der Waals surface area contributed by atoms with Crippen LogP contribution in [0.2, 0.25) is 0 Å². The molecular formula is C25H15FN2O3S. The minimum absolute atomic E-state index is 0.0293. The molecule has 0 aliphatic carbocycles. The van der Waals surface area contributed by atoms with Gasteiger partial charge in [0, 0.05) is 0 Å². The number of hydrogen-bond acceptors (Lipinski definition) is 5. The molecule has 1 atom stereocenters. The zero-order valence-electron chi connectivity index (χ0n) is 16.8. The number of nitrogens with zero attached hydrogens (tertiary/aromatic N) is 2. The molecule has 5 nitrogen and oxygen atoms in total. The van der Waals surface area contributed by atoms with Gasteiger partial charge in [-0.25, -0.2) is 9.37 Å². The minimum Gasteiger partial charge on any atom is -0.450 e. The fraction of sp³-hybridized carbons (Fsp3) is 0.0800. The van der Waals surface area contributed by atoms with Crippen LogP contribution in [0.5, 0.6) is 0 Å². The first kappa shape index (κ1) is 18.9. The van der Waals surface area contributed by atoms with Gasteiger partial charge in [0.25, 0.3) is 5.91 Å². The van der Waals surface area contributed by atoms with Gasteiger partial charge in [-0.3, -0.25) is 14.5 Å². The average molecular weight is 442 g/mol. The van der Waals surface area contributed by atoms with Crippen molar-refractivity contribution in [3.63, 3.8) is 0 Å². The van der Waals surface area contributed by atoms with Crippen LogP contribution in [-0.4, -0.2) is 10.9 Å². The van der Waals surface area contributed by atoms with Gasteiger partial charge in [0.1, 0.15) is 11.4 Å². The quantitative estimate of drug-likeness (QED) is 0.357. The molecule has 0 spiro atoms. The van der Waals surface area contributed by atoms with Gasteiger partial charge in [0.15, 0.2) is 10.6 Å². The molecule has 6 rings (SSSR count). The summed E-state index contributed by atoms with van der Waals surface area (Å²) in [5.74, 6) is -0.945. The van der Waals surface area contributed by atoms with E-state index in [-0.39, 0.29) is 16.8 Å². The number of benzene rings is 3. The topological polar surface area (TPSA) is 63.4 Å². The van der Waals surface area contributed by atoms with Crippen molar-refractivity contribution < 1.29 is 13.6 Å². The Morgan fingerprint density at radius 3 is 2.72 bits per heavy atom. The molecule has 2 aromatic heterocycles. The summed E-state index contributed by atoms with van der Waals surface area (Å²) >= 11 is 1.35. The van der Waals surface area contributed by atoms with Gasteiger partial charge in [-0.05, 0) is 54.4 Å². The van der Waals surface area contributed by atoms with E-state index in [1.54, 1.807) is 36.4 Å².